The van der Waals surface area contributed by atoms with Gasteiger partial charge in [-0.05, 0) is 20.3 Å². The molecule has 100 valence electrons. The Bertz CT molecular complexity index is 468. The van der Waals surface area contributed by atoms with Crippen LogP contribution in [-0.2, 0) is 4.79 Å². The molecule has 6 heteroatoms. The van der Waals surface area contributed by atoms with Crippen LogP contribution in [0.5, 0.6) is 0 Å². The molecule has 0 aliphatic carbocycles. The summed E-state index contributed by atoms with van der Waals surface area (Å²) in [6, 6.07) is -0.244. The zero-order chi connectivity index (χ0) is 13.7. The van der Waals surface area contributed by atoms with Crippen LogP contribution >= 0.6 is 0 Å². The van der Waals surface area contributed by atoms with Crippen LogP contribution in [0.25, 0.3) is 0 Å². The molecule has 1 rings (SSSR count). The van der Waals surface area contributed by atoms with Crippen molar-refractivity contribution in [2.45, 2.75) is 45.7 Å². The van der Waals surface area contributed by atoms with E-state index in [1.165, 1.54) is 6.20 Å². The van der Waals surface area contributed by atoms with E-state index in [4.69, 9.17) is 5.11 Å². The van der Waals surface area contributed by atoms with Crippen molar-refractivity contribution in [3.63, 3.8) is 0 Å². The molecule has 0 saturated heterocycles. The molecule has 1 unspecified atom stereocenters. The van der Waals surface area contributed by atoms with E-state index < -0.39 is 5.97 Å². The second kappa shape index (κ2) is 6.18. The Morgan fingerprint density at radius 3 is 2.72 bits per heavy atom. The molecule has 1 heterocycles. The van der Waals surface area contributed by atoms with Gasteiger partial charge in [0.2, 0.25) is 0 Å². The van der Waals surface area contributed by atoms with Crippen LogP contribution in [0.1, 0.15) is 39.7 Å². The maximum atomic E-state index is 12.0. The third-order valence-electron chi connectivity index (χ3n) is 2.68. The Morgan fingerprint density at radius 2 is 2.22 bits per heavy atom. The molecule has 0 aliphatic heterocycles. The molecular weight excluding hydrogens is 234 g/mol. The first-order valence-electron chi connectivity index (χ1n) is 6.01. The van der Waals surface area contributed by atoms with E-state index in [-0.39, 0.29) is 29.9 Å². The standard InChI is InChI=1S/C12H19N3O3/c1-4-9(7-10(16)17)14-11-12(18)15(8(2)3)6-5-13-11/h5-6,8-9H,4,7H2,1-3H3,(H,13,14)(H,16,17). The number of carboxylic acid groups (broad SMARTS) is 1. The number of hydrogen-bond donors (Lipinski definition) is 2. The highest BCUT2D eigenvalue weighted by atomic mass is 16.4. The number of carboxylic acids is 1. The number of nitrogens with one attached hydrogen (secondary N) is 1. The van der Waals surface area contributed by atoms with Gasteiger partial charge >= 0.3 is 5.97 Å². The molecule has 1 aromatic heterocycles. The van der Waals surface area contributed by atoms with Crippen LogP contribution < -0.4 is 10.9 Å². The number of rotatable bonds is 6. The number of aromatic nitrogens is 2. The van der Waals surface area contributed by atoms with Gasteiger partial charge in [-0.3, -0.25) is 9.59 Å². The zero-order valence-electron chi connectivity index (χ0n) is 10.9. The lowest BCUT2D eigenvalue weighted by Crippen LogP contribution is -2.30. The topological polar surface area (TPSA) is 84.2 Å². The quantitative estimate of drug-likeness (QED) is 0.802. The third kappa shape index (κ3) is 3.58. The Hall–Kier alpha value is -1.85. The van der Waals surface area contributed by atoms with Crippen LogP contribution in [0.15, 0.2) is 17.2 Å². The fourth-order valence-corrected chi connectivity index (χ4v) is 1.63. The molecule has 0 spiro atoms. The lowest BCUT2D eigenvalue weighted by Gasteiger charge is -2.16. The van der Waals surface area contributed by atoms with Gasteiger partial charge in [-0.1, -0.05) is 6.92 Å². The zero-order valence-corrected chi connectivity index (χ0v) is 10.9. The van der Waals surface area contributed by atoms with Crippen molar-refractivity contribution in [3.05, 3.63) is 22.7 Å². The Kier molecular flexibility index (Phi) is 4.88. The number of anilines is 1. The molecule has 0 bridgehead atoms. The molecule has 1 atom stereocenters. The molecule has 6 nitrogen and oxygen atoms in total. The van der Waals surface area contributed by atoms with Crippen LogP contribution in [0, 0.1) is 0 Å². The SMILES string of the molecule is CCC(CC(=O)O)Nc1nccn(C(C)C)c1=O. The molecule has 0 amide bonds. The van der Waals surface area contributed by atoms with Crippen LogP contribution in [0.2, 0.25) is 0 Å². The van der Waals surface area contributed by atoms with Crippen LogP contribution in [-0.4, -0.2) is 26.7 Å². The van der Waals surface area contributed by atoms with E-state index in [1.807, 2.05) is 20.8 Å². The highest BCUT2D eigenvalue weighted by Crippen LogP contribution is 2.06. The highest BCUT2D eigenvalue weighted by molar-refractivity contribution is 5.68. The Balaban J connectivity index is 2.93. The lowest BCUT2D eigenvalue weighted by atomic mass is 10.1. The first kappa shape index (κ1) is 14.2. The molecule has 0 fully saturated rings. The Morgan fingerprint density at radius 1 is 1.56 bits per heavy atom. The molecular formula is C12H19N3O3. The van der Waals surface area contributed by atoms with E-state index in [0.29, 0.717) is 6.42 Å². The van der Waals surface area contributed by atoms with E-state index in [1.54, 1.807) is 10.8 Å². The summed E-state index contributed by atoms with van der Waals surface area (Å²) in [4.78, 5) is 26.7. The summed E-state index contributed by atoms with van der Waals surface area (Å²) in [5.41, 5.74) is -0.226. The fraction of sp³-hybridized carbons (Fsp3) is 0.583. The molecule has 0 aromatic carbocycles. The number of nitrogens with zero attached hydrogens (tertiary/aromatic N) is 2. The van der Waals surface area contributed by atoms with Crippen molar-refractivity contribution in [1.82, 2.24) is 9.55 Å². The summed E-state index contributed by atoms with van der Waals surface area (Å²) < 4.78 is 1.56. The third-order valence-corrected chi connectivity index (χ3v) is 2.68. The molecule has 18 heavy (non-hydrogen) atoms. The van der Waals surface area contributed by atoms with Gasteiger partial charge < -0.3 is 15.0 Å². The van der Waals surface area contributed by atoms with Crippen molar-refractivity contribution in [2.24, 2.45) is 0 Å². The molecule has 0 radical (unpaired) electrons. The predicted molar refractivity (Wildman–Crippen MR) is 68.8 cm³/mol. The second-order valence-electron chi connectivity index (χ2n) is 4.43. The van der Waals surface area contributed by atoms with E-state index >= 15 is 0 Å². The molecule has 1 aromatic rings. The maximum Gasteiger partial charge on any atom is 0.305 e. The van der Waals surface area contributed by atoms with Crippen molar-refractivity contribution >= 4 is 11.8 Å². The monoisotopic (exact) mass is 253 g/mol. The number of hydrogen-bond acceptors (Lipinski definition) is 4. The van der Waals surface area contributed by atoms with Crippen molar-refractivity contribution in [1.29, 1.82) is 0 Å². The lowest BCUT2D eigenvalue weighted by molar-refractivity contribution is -0.137. The molecule has 0 aliphatic rings. The predicted octanol–water partition coefficient (Wildman–Crippen LogP) is 1.49. The van der Waals surface area contributed by atoms with Gasteiger partial charge in [-0.2, -0.15) is 0 Å². The molecule has 2 N–H and O–H groups in total. The summed E-state index contributed by atoms with van der Waals surface area (Å²) in [6.07, 6.45) is 3.74. The first-order valence-corrected chi connectivity index (χ1v) is 6.01. The van der Waals surface area contributed by atoms with E-state index in [9.17, 15) is 9.59 Å². The number of carbonyl (C=O) groups is 1. The maximum absolute atomic E-state index is 12.0. The van der Waals surface area contributed by atoms with Crippen LogP contribution in [0.3, 0.4) is 0 Å². The highest BCUT2D eigenvalue weighted by Gasteiger charge is 2.14. The normalized spacial score (nSPS) is 12.4. The fourth-order valence-electron chi connectivity index (χ4n) is 1.63. The van der Waals surface area contributed by atoms with Gasteiger partial charge in [0.25, 0.3) is 5.56 Å². The average Bonchev–Trinajstić information content (AvgIpc) is 2.29. The summed E-state index contributed by atoms with van der Waals surface area (Å²) >= 11 is 0. The van der Waals surface area contributed by atoms with Crippen molar-refractivity contribution in [3.8, 4) is 0 Å². The number of aliphatic carboxylic acids is 1. The minimum atomic E-state index is -0.894. The van der Waals surface area contributed by atoms with Gasteiger partial charge in [0, 0.05) is 24.5 Å². The van der Waals surface area contributed by atoms with Gasteiger partial charge in [0.15, 0.2) is 5.82 Å². The largest absolute Gasteiger partial charge is 0.481 e. The van der Waals surface area contributed by atoms with Gasteiger partial charge in [-0.25, -0.2) is 4.98 Å². The first-order chi connectivity index (χ1) is 8.45. The van der Waals surface area contributed by atoms with Gasteiger partial charge in [0.1, 0.15) is 0 Å². The minimum absolute atomic E-state index is 0.0335. The summed E-state index contributed by atoms with van der Waals surface area (Å²) in [6.45, 7) is 5.67. The second-order valence-corrected chi connectivity index (χ2v) is 4.43. The molecule has 0 saturated carbocycles. The summed E-state index contributed by atoms with van der Waals surface area (Å²) in [5.74, 6) is -0.686. The summed E-state index contributed by atoms with van der Waals surface area (Å²) in [5, 5.41) is 11.7. The summed E-state index contributed by atoms with van der Waals surface area (Å²) in [7, 11) is 0. The van der Waals surface area contributed by atoms with Crippen molar-refractivity contribution < 1.29 is 9.90 Å². The Labute approximate surface area is 106 Å². The smallest absolute Gasteiger partial charge is 0.305 e. The van der Waals surface area contributed by atoms with Crippen LogP contribution in [0.4, 0.5) is 5.82 Å². The van der Waals surface area contributed by atoms with E-state index in [0.717, 1.165) is 0 Å². The van der Waals surface area contributed by atoms with Crippen molar-refractivity contribution in [2.75, 3.05) is 5.32 Å². The van der Waals surface area contributed by atoms with E-state index in [2.05, 4.69) is 10.3 Å². The van der Waals surface area contributed by atoms with Gasteiger partial charge in [-0.15, -0.1) is 0 Å². The average molecular weight is 253 g/mol. The van der Waals surface area contributed by atoms with Gasteiger partial charge in [0.05, 0.1) is 6.42 Å². The minimum Gasteiger partial charge on any atom is -0.481 e.